The van der Waals surface area contributed by atoms with Gasteiger partial charge in [0.1, 0.15) is 11.5 Å². The van der Waals surface area contributed by atoms with Crippen LogP contribution in [0.5, 0.6) is 0 Å². The fraction of sp³-hybridized carbons (Fsp3) is 0.278. The number of nitrogen functional groups attached to an aromatic ring is 1. The molecule has 0 amide bonds. The van der Waals surface area contributed by atoms with E-state index in [2.05, 4.69) is 36.5 Å². The molecule has 5 rings (SSSR count). The molecule has 0 unspecified atom stereocenters. The van der Waals surface area contributed by atoms with Crippen molar-refractivity contribution in [3.8, 4) is 0 Å². The predicted molar refractivity (Wildman–Crippen MR) is 98.4 cm³/mol. The minimum Gasteiger partial charge on any atom is -0.397 e. The summed E-state index contributed by atoms with van der Waals surface area (Å²) in [4.78, 5) is 12.0. The quantitative estimate of drug-likeness (QED) is 0.460. The molecule has 5 N–H and O–H groups in total. The van der Waals surface area contributed by atoms with Crippen molar-refractivity contribution in [2.45, 2.75) is 31.2 Å². The van der Waals surface area contributed by atoms with Crippen molar-refractivity contribution < 1.29 is 0 Å². The fourth-order valence-electron chi connectivity index (χ4n) is 3.90. The molecule has 126 valence electrons. The van der Waals surface area contributed by atoms with Gasteiger partial charge in [0.25, 0.3) is 0 Å². The summed E-state index contributed by atoms with van der Waals surface area (Å²) in [5.74, 6) is 1.31. The normalized spacial score (nSPS) is 20.5. The summed E-state index contributed by atoms with van der Waals surface area (Å²) in [7, 11) is 0. The molecule has 2 atom stereocenters. The number of anilines is 2. The Kier molecular flexibility index (Phi) is 3.12. The van der Waals surface area contributed by atoms with Gasteiger partial charge in [0.05, 0.1) is 29.3 Å². The molecule has 7 nitrogen and oxygen atoms in total. The highest BCUT2D eigenvalue weighted by atomic mass is 15.1. The SMILES string of the molecule is Nc1ccc(N[C@H]2CC[C@H](c3n[nH]c4cnc5[nH]ccc5c34)C2)nc1. The first-order valence-corrected chi connectivity index (χ1v) is 8.56. The summed E-state index contributed by atoms with van der Waals surface area (Å²) in [6.45, 7) is 0. The number of nitrogens with zero attached hydrogens (tertiary/aromatic N) is 3. The first-order chi connectivity index (χ1) is 12.3. The standard InChI is InChI=1S/C18H19N7/c19-11-2-4-15(21-8-11)23-12-3-1-10(7-12)17-16-13-5-6-20-18(13)22-9-14(16)24-25-17/h2,4-6,8-10,12H,1,3,7,19H2,(H,20,22)(H,21,23)(H,24,25)/t10-,12-/m0/s1. The monoisotopic (exact) mass is 333 g/mol. The Balaban J connectivity index is 1.42. The Morgan fingerprint density at radius 2 is 2.08 bits per heavy atom. The zero-order chi connectivity index (χ0) is 16.8. The minimum atomic E-state index is 0.399. The number of hydrogen-bond donors (Lipinski definition) is 4. The number of aromatic amines is 2. The number of nitrogens with one attached hydrogen (secondary N) is 3. The Labute approximate surface area is 144 Å². The Bertz CT molecular complexity index is 1030. The van der Waals surface area contributed by atoms with E-state index in [4.69, 9.17) is 5.73 Å². The molecule has 1 aliphatic carbocycles. The molecular formula is C18H19N7. The first-order valence-electron chi connectivity index (χ1n) is 8.56. The largest absolute Gasteiger partial charge is 0.397 e. The summed E-state index contributed by atoms with van der Waals surface area (Å²) >= 11 is 0. The van der Waals surface area contributed by atoms with Gasteiger partial charge in [-0.15, -0.1) is 0 Å². The highest BCUT2D eigenvalue weighted by molar-refractivity contribution is 6.04. The van der Waals surface area contributed by atoms with Crippen LogP contribution in [0.4, 0.5) is 11.5 Å². The van der Waals surface area contributed by atoms with Crippen LogP contribution in [0, 0.1) is 0 Å². The summed E-state index contributed by atoms with van der Waals surface area (Å²) in [6, 6.07) is 6.28. The van der Waals surface area contributed by atoms with Crippen LogP contribution in [0.15, 0.2) is 36.8 Å². The highest BCUT2D eigenvalue weighted by Gasteiger charge is 2.29. The van der Waals surface area contributed by atoms with E-state index in [0.717, 1.165) is 47.3 Å². The fourth-order valence-corrected chi connectivity index (χ4v) is 3.90. The molecule has 1 fully saturated rings. The number of H-pyrrole nitrogens is 2. The van der Waals surface area contributed by atoms with Gasteiger partial charge in [-0.1, -0.05) is 0 Å². The third-order valence-corrected chi connectivity index (χ3v) is 5.10. The lowest BCUT2D eigenvalue weighted by Gasteiger charge is -2.13. The topological polar surface area (TPSA) is 108 Å². The van der Waals surface area contributed by atoms with Crippen molar-refractivity contribution in [2.24, 2.45) is 0 Å². The Hall–Kier alpha value is -3.09. The van der Waals surface area contributed by atoms with Crippen molar-refractivity contribution >= 4 is 33.4 Å². The first kappa shape index (κ1) is 14.3. The highest BCUT2D eigenvalue weighted by Crippen LogP contribution is 2.39. The number of fused-ring (bicyclic) bond motifs is 3. The Morgan fingerprint density at radius 1 is 1.12 bits per heavy atom. The van der Waals surface area contributed by atoms with Crippen molar-refractivity contribution in [1.29, 1.82) is 0 Å². The van der Waals surface area contributed by atoms with E-state index in [1.807, 2.05) is 24.5 Å². The molecule has 7 heteroatoms. The van der Waals surface area contributed by atoms with Crippen LogP contribution in [0.3, 0.4) is 0 Å². The predicted octanol–water partition coefficient (Wildman–Crippen LogP) is 3.16. The smallest absolute Gasteiger partial charge is 0.138 e. The maximum absolute atomic E-state index is 5.70. The molecule has 4 aromatic heterocycles. The molecule has 0 spiro atoms. The Morgan fingerprint density at radius 3 is 2.96 bits per heavy atom. The van der Waals surface area contributed by atoms with Crippen LogP contribution in [0.1, 0.15) is 30.9 Å². The molecule has 0 aliphatic heterocycles. The van der Waals surface area contributed by atoms with Crippen LogP contribution >= 0.6 is 0 Å². The van der Waals surface area contributed by atoms with E-state index in [-0.39, 0.29) is 0 Å². The van der Waals surface area contributed by atoms with Crippen LogP contribution in [0.25, 0.3) is 21.9 Å². The lowest BCUT2D eigenvalue weighted by Crippen LogP contribution is -2.16. The number of pyridine rings is 2. The number of hydrogen-bond acceptors (Lipinski definition) is 5. The minimum absolute atomic E-state index is 0.399. The second-order valence-corrected chi connectivity index (χ2v) is 6.72. The molecule has 0 saturated heterocycles. The maximum atomic E-state index is 5.70. The van der Waals surface area contributed by atoms with Gasteiger partial charge in [-0.3, -0.25) is 5.10 Å². The molecule has 1 aliphatic rings. The van der Waals surface area contributed by atoms with Gasteiger partial charge in [-0.05, 0) is 37.5 Å². The van der Waals surface area contributed by atoms with Gasteiger partial charge in [-0.25, -0.2) is 9.97 Å². The second kappa shape index (κ2) is 5.47. The second-order valence-electron chi connectivity index (χ2n) is 6.72. The van der Waals surface area contributed by atoms with Gasteiger partial charge >= 0.3 is 0 Å². The molecule has 1 saturated carbocycles. The van der Waals surface area contributed by atoms with Crippen molar-refractivity contribution in [1.82, 2.24) is 25.1 Å². The molecule has 25 heavy (non-hydrogen) atoms. The third-order valence-electron chi connectivity index (χ3n) is 5.10. The number of rotatable bonds is 3. The van der Waals surface area contributed by atoms with Crippen LogP contribution in [-0.4, -0.2) is 31.2 Å². The average molecular weight is 333 g/mol. The van der Waals surface area contributed by atoms with E-state index in [9.17, 15) is 0 Å². The summed E-state index contributed by atoms with van der Waals surface area (Å²) in [5.41, 5.74) is 9.44. The molecular weight excluding hydrogens is 314 g/mol. The van der Waals surface area contributed by atoms with Gasteiger partial charge in [-0.2, -0.15) is 5.10 Å². The summed E-state index contributed by atoms with van der Waals surface area (Å²) in [6.07, 6.45) is 8.73. The van der Waals surface area contributed by atoms with E-state index in [1.54, 1.807) is 6.20 Å². The van der Waals surface area contributed by atoms with E-state index in [0.29, 0.717) is 17.6 Å². The maximum Gasteiger partial charge on any atom is 0.138 e. The molecule has 4 aromatic rings. The van der Waals surface area contributed by atoms with Gasteiger partial charge in [0.2, 0.25) is 0 Å². The molecule has 4 heterocycles. The zero-order valence-electron chi connectivity index (χ0n) is 13.7. The van der Waals surface area contributed by atoms with Crippen molar-refractivity contribution in [3.05, 3.63) is 42.5 Å². The summed E-state index contributed by atoms with van der Waals surface area (Å²) < 4.78 is 0. The van der Waals surface area contributed by atoms with Gasteiger partial charge in [0.15, 0.2) is 0 Å². The van der Waals surface area contributed by atoms with E-state index >= 15 is 0 Å². The zero-order valence-corrected chi connectivity index (χ0v) is 13.7. The van der Waals surface area contributed by atoms with Crippen LogP contribution in [-0.2, 0) is 0 Å². The van der Waals surface area contributed by atoms with Crippen molar-refractivity contribution in [2.75, 3.05) is 11.1 Å². The molecule has 0 bridgehead atoms. The van der Waals surface area contributed by atoms with E-state index < -0.39 is 0 Å². The number of nitrogens with two attached hydrogens (primary N) is 1. The summed E-state index contributed by atoms with van der Waals surface area (Å²) in [5, 5.41) is 13.6. The number of aromatic nitrogens is 5. The van der Waals surface area contributed by atoms with Crippen LogP contribution < -0.4 is 11.1 Å². The molecule has 0 aromatic carbocycles. The van der Waals surface area contributed by atoms with Crippen LogP contribution in [0.2, 0.25) is 0 Å². The van der Waals surface area contributed by atoms with Gasteiger partial charge < -0.3 is 16.0 Å². The third kappa shape index (κ3) is 2.39. The average Bonchev–Trinajstić information content (AvgIpc) is 3.34. The van der Waals surface area contributed by atoms with Gasteiger partial charge in [0, 0.05) is 28.9 Å². The van der Waals surface area contributed by atoms with E-state index in [1.165, 1.54) is 5.39 Å². The van der Waals surface area contributed by atoms with Crippen molar-refractivity contribution in [3.63, 3.8) is 0 Å². The lowest BCUT2D eigenvalue weighted by molar-refractivity contribution is 0.682. The molecule has 0 radical (unpaired) electrons. The lowest BCUT2D eigenvalue weighted by atomic mass is 9.99.